The maximum atomic E-state index is 14.9. The standard InChI is InChI=1S/C32H12F26O2/c33-21(34,23(37,38)25(41,42)27(45,46)29(49,50)31(53,54)55)13-3-5-15-11(9-13)1-7-17(59)19(15)20-16-6-4-14(10-12(16)2-8-18(20)60)22(35,36)24(39,40)26(43,44)28(47,48)30(51,52)32(56,57)58/h1-10,59-60H. The van der Waals surface area contributed by atoms with E-state index < -0.39 is 139 Å². The predicted molar refractivity (Wildman–Crippen MR) is 150 cm³/mol. The fourth-order valence-electron chi connectivity index (χ4n) is 5.45. The van der Waals surface area contributed by atoms with E-state index in [2.05, 4.69) is 0 Å². The van der Waals surface area contributed by atoms with Gasteiger partial charge in [0.05, 0.1) is 0 Å². The van der Waals surface area contributed by atoms with E-state index >= 15 is 0 Å². The third-order valence-corrected chi connectivity index (χ3v) is 8.84. The molecular weight excluding hydrogens is 910 g/mol. The third-order valence-electron chi connectivity index (χ3n) is 8.84. The van der Waals surface area contributed by atoms with E-state index in [1.165, 1.54) is 0 Å². The smallest absolute Gasteiger partial charge is 0.460 e. The minimum Gasteiger partial charge on any atom is -0.507 e. The molecule has 0 aliphatic rings. The number of benzene rings is 4. The third kappa shape index (κ3) is 6.17. The summed E-state index contributed by atoms with van der Waals surface area (Å²) >= 11 is 0. The maximum absolute atomic E-state index is 14.9. The van der Waals surface area contributed by atoms with Crippen molar-refractivity contribution in [2.24, 2.45) is 0 Å². The van der Waals surface area contributed by atoms with Crippen LogP contribution in [0.3, 0.4) is 0 Å². The van der Waals surface area contributed by atoms with Crippen LogP contribution in [-0.4, -0.2) is 69.9 Å². The van der Waals surface area contributed by atoms with Crippen LogP contribution in [0, 0.1) is 0 Å². The molecule has 28 heteroatoms. The molecule has 0 spiro atoms. The number of hydrogen-bond donors (Lipinski definition) is 2. The zero-order valence-corrected chi connectivity index (χ0v) is 27.5. The summed E-state index contributed by atoms with van der Waals surface area (Å²) in [6.07, 6.45) is -15.4. The maximum Gasteiger partial charge on any atom is 0.460 e. The van der Waals surface area contributed by atoms with Crippen molar-refractivity contribution in [3.8, 4) is 22.6 Å². The molecule has 4 rings (SSSR count). The van der Waals surface area contributed by atoms with Gasteiger partial charge in [0, 0.05) is 22.3 Å². The molecule has 4 aromatic rings. The second-order valence-corrected chi connectivity index (χ2v) is 12.5. The second-order valence-electron chi connectivity index (χ2n) is 12.5. The van der Waals surface area contributed by atoms with E-state index in [4.69, 9.17) is 0 Å². The van der Waals surface area contributed by atoms with Crippen molar-refractivity contribution in [3.05, 3.63) is 71.8 Å². The molecule has 2 N–H and O–H groups in total. The molecule has 0 saturated carbocycles. The lowest BCUT2D eigenvalue weighted by molar-refractivity contribution is -0.441. The van der Waals surface area contributed by atoms with Gasteiger partial charge in [-0.1, -0.05) is 36.4 Å². The molecule has 0 bridgehead atoms. The average Bonchev–Trinajstić information content (AvgIpc) is 3.09. The Bertz CT molecular complexity index is 2140. The molecule has 4 aromatic carbocycles. The van der Waals surface area contributed by atoms with E-state index in [1.54, 1.807) is 0 Å². The highest BCUT2D eigenvalue weighted by atomic mass is 19.4. The normalized spacial score (nSPS) is 15.3. The Balaban J connectivity index is 1.89. The number of aromatic hydroxyl groups is 2. The first-order valence-electron chi connectivity index (χ1n) is 14.9. The number of phenolic OH excluding ortho intramolecular Hbond substituents is 2. The van der Waals surface area contributed by atoms with Crippen molar-refractivity contribution in [1.82, 2.24) is 0 Å². The van der Waals surface area contributed by atoms with Crippen molar-refractivity contribution in [3.63, 3.8) is 0 Å². The molecule has 0 radical (unpaired) electrons. The highest BCUT2D eigenvalue weighted by molar-refractivity contribution is 6.09. The lowest BCUT2D eigenvalue weighted by atomic mass is 9.87. The summed E-state index contributed by atoms with van der Waals surface area (Å²) in [5, 5.41) is 17.4. The van der Waals surface area contributed by atoms with E-state index in [0.717, 1.165) is 0 Å². The zero-order valence-electron chi connectivity index (χ0n) is 27.5. The van der Waals surface area contributed by atoms with Gasteiger partial charge in [0.25, 0.3) is 0 Å². The zero-order chi connectivity index (χ0) is 46.8. The Morgan fingerprint density at radius 3 is 0.783 bits per heavy atom. The molecule has 2 nitrogen and oxygen atoms in total. The quantitative estimate of drug-likeness (QED) is 0.147. The molecule has 0 atom stereocenters. The minimum atomic E-state index is -8.26. The van der Waals surface area contributed by atoms with E-state index in [1.807, 2.05) is 0 Å². The van der Waals surface area contributed by atoms with Crippen LogP contribution in [0.2, 0.25) is 0 Å². The first-order valence-corrected chi connectivity index (χ1v) is 14.9. The molecule has 0 aliphatic heterocycles. The summed E-state index contributed by atoms with van der Waals surface area (Å²) in [6.45, 7) is 0. The Kier molecular flexibility index (Phi) is 10.6. The van der Waals surface area contributed by atoms with Gasteiger partial charge in [-0.2, -0.15) is 114 Å². The number of fused-ring (bicyclic) bond motifs is 2. The lowest BCUT2D eigenvalue weighted by Crippen LogP contribution is -2.69. The fraction of sp³-hybridized carbons (Fsp3) is 0.375. The highest BCUT2D eigenvalue weighted by Crippen LogP contribution is 2.64. The van der Waals surface area contributed by atoms with Crippen LogP contribution in [0.25, 0.3) is 32.7 Å². The summed E-state index contributed by atoms with van der Waals surface area (Å²) < 4.78 is 357. The minimum absolute atomic E-state index is 0.0879. The van der Waals surface area contributed by atoms with Gasteiger partial charge in [0.1, 0.15) is 11.5 Å². The van der Waals surface area contributed by atoms with Crippen LogP contribution in [0.1, 0.15) is 11.1 Å². The average molecular weight is 922 g/mol. The van der Waals surface area contributed by atoms with Crippen molar-refractivity contribution in [1.29, 1.82) is 0 Å². The molecule has 0 heterocycles. The highest BCUT2D eigenvalue weighted by Gasteiger charge is 2.92. The second kappa shape index (κ2) is 13.3. The number of halogens is 26. The van der Waals surface area contributed by atoms with Gasteiger partial charge in [-0.05, 0) is 45.8 Å². The summed E-state index contributed by atoms with van der Waals surface area (Å²) in [5.41, 5.74) is -7.06. The van der Waals surface area contributed by atoms with Gasteiger partial charge >= 0.3 is 71.6 Å². The molecular formula is C32H12F26O2. The van der Waals surface area contributed by atoms with E-state index in [-0.39, 0.29) is 24.3 Å². The summed E-state index contributed by atoms with van der Waals surface area (Å²) in [5.74, 6) is -80.7. The van der Waals surface area contributed by atoms with Crippen LogP contribution < -0.4 is 0 Å². The van der Waals surface area contributed by atoms with Gasteiger partial charge < -0.3 is 10.2 Å². The van der Waals surface area contributed by atoms with Crippen molar-refractivity contribution in [2.75, 3.05) is 0 Å². The fourth-order valence-corrected chi connectivity index (χ4v) is 5.45. The first-order chi connectivity index (χ1) is 26.5. The molecule has 0 aromatic heterocycles. The molecule has 0 amide bonds. The van der Waals surface area contributed by atoms with Crippen LogP contribution in [0.4, 0.5) is 114 Å². The molecule has 0 saturated heterocycles. The molecule has 0 aliphatic carbocycles. The van der Waals surface area contributed by atoms with Crippen molar-refractivity contribution < 1.29 is 124 Å². The van der Waals surface area contributed by atoms with Crippen LogP contribution >= 0.6 is 0 Å². The molecule has 0 fully saturated rings. The number of rotatable bonds is 11. The van der Waals surface area contributed by atoms with Crippen LogP contribution in [0.5, 0.6) is 11.5 Å². The van der Waals surface area contributed by atoms with E-state index in [0.29, 0.717) is 24.3 Å². The topological polar surface area (TPSA) is 40.5 Å². The van der Waals surface area contributed by atoms with Crippen LogP contribution in [0.15, 0.2) is 60.7 Å². The Hall–Kier alpha value is -4.82. The van der Waals surface area contributed by atoms with Gasteiger partial charge in [-0.3, -0.25) is 0 Å². The largest absolute Gasteiger partial charge is 0.507 e. The predicted octanol–water partition coefficient (Wildman–Crippen LogP) is 13.5. The molecule has 334 valence electrons. The monoisotopic (exact) mass is 922 g/mol. The number of alkyl halides is 26. The Morgan fingerprint density at radius 1 is 0.283 bits per heavy atom. The van der Waals surface area contributed by atoms with E-state index in [9.17, 15) is 124 Å². The Labute approximate surface area is 312 Å². The lowest BCUT2D eigenvalue weighted by Gasteiger charge is -2.39. The Morgan fingerprint density at radius 2 is 0.533 bits per heavy atom. The van der Waals surface area contributed by atoms with Crippen molar-refractivity contribution in [2.45, 2.75) is 71.6 Å². The number of phenols is 2. The summed E-state index contributed by atoms with van der Waals surface area (Å²) in [6, 6.07) is 0.292. The summed E-state index contributed by atoms with van der Waals surface area (Å²) in [4.78, 5) is 0. The van der Waals surface area contributed by atoms with Gasteiger partial charge in [-0.15, -0.1) is 0 Å². The van der Waals surface area contributed by atoms with Gasteiger partial charge in [0.2, 0.25) is 0 Å². The first kappa shape index (κ1) is 47.9. The van der Waals surface area contributed by atoms with Crippen LogP contribution in [-0.2, 0) is 11.8 Å². The molecule has 60 heavy (non-hydrogen) atoms. The number of hydrogen-bond acceptors (Lipinski definition) is 2. The SMILES string of the molecule is Oc1ccc2cc(C(F)(F)C(F)(F)C(F)(F)C(F)(F)C(F)(F)C(F)(F)F)ccc2c1-c1c(O)ccc2cc(C(F)(F)C(F)(F)C(F)(F)C(F)(F)C(F)(F)C(F)(F)F)ccc12. The molecule has 0 unspecified atom stereocenters. The van der Waals surface area contributed by atoms with Gasteiger partial charge in [-0.25, -0.2) is 0 Å². The summed E-state index contributed by atoms with van der Waals surface area (Å²) in [7, 11) is 0. The van der Waals surface area contributed by atoms with Crippen molar-refractivity contribution >= 4 is 21.5 Å². The van der Waals surface area contributed by atoms with Gasteiger partial charge in [0.15, 0.2) is 0 Å².